The lowest BCUT2D eigenvalue weighted by molar-refractivity contribution is -0.174. The molecule has 0 unspecified atom stereocenters. The van der Waals surface area contributed by atoms with Gasteiger partial charge < -0.3 is 9.32 Å². The molecule has 0 aliphatic carbocycles. The van der Waals surface area contributed by atoms with E-state index in [9.17, 15) is 36.0 Å². The van der Waals surface area contributed by atoms with E-state index in [2.05, 4.69) is 0 Å². The van der Waals surface area contributed by atoms with E-state index in [0.29, 0.717) is 11.3 Å². The predicted molar refractivity (Wildman–Crippen MR) is 134 cm³/mol. The van der Waals surface area contributed by atoms with E-state index in [-0.39, 0.29) is 36.7 Å². The molecule has 0 atom stereocenters. The van der Waals surface area contributed by atoms with E-state index in [1.807, 2.05) is 6.07 Å². The van der Waals surface area contributed by atoms with Gasteiger partial charge in [-0.05, 0) is 41.5 Å². The third kappa shape index (κ3) is 6.96. The number of furan rings is 1. The lowest BCUT2D eigenvalue weighted by atomic mass is 10.1. The minimum absolute atomic E-state index is 0.0257. The first-order valence-electron chi connectivity index (χ1n) is 11.6. The molecule has 1 aliphatic rings. The maximum atomic E-state index is 13.6. The van der Waals surface area contributed by atoms with Crippen LogP contribution in [0.15, 0.2) is 71.5 Å². The number of halogens is 3. The van der Waals surface area contributed by atoms with Gasteiger partial charge in [0.2, 0.25) is 0 Å². The molecule has 2 heterocycles. The Morgan fingerprint density at radius 1 is 0.949 bits per heavy atom. The van der Waals surface area contributed by atoms with Gasteiger partial charge in [0.05, 0.1) is 30.6 Å². The topological polar surface area (TPSA) is 129 Å². The van der Waals surface area contributed by atoms with Gasteiger partial charge in [-0.15, -0.1) is 0 Å². The summed E-state index contributed by atoms with van der Waals surface area (Å²) in [4.78, 5) is 39.5. The van der Waals surface area contributed by atoms with Crippen molar-refractivity contribution in [1.29, 1.82) is 0 Å². The minimum Gasteiger partial charge on any atom is -0.472 e. The molecule has 1 aliphatic heterocycles. The Kier molecular flexibility index (Phi) is 7.95. The zero-order valence-electron chi connectivity index (χ0n) is 20.3. The maximum absolute atomic E-state index is 13.6. The summed E-state index contributed by atoms with van der Waals surface area (Å²) < 4.78 is 65.9. The molecule has 0 saturated carbocycles. The Morgan fingerprint density at radius 2 is 1.64 bits per heavy atom. The second-order valence-electron chi connectivity index (χ2n) is 8.67. The van der Waals surface area contributed by atoms with Crippen molar-refractivity contribution < 1.29 is 40.4 Å². The van der Waals surface area contributed by atoms with E-state index in [0.717, 1.165) is 11.1 Å². The minimum atomic E-state index is -5.15. The van der Waals surface area contributed by atoms with Gasteiger partial charge in [0.15, 0.2) is 9.84 Å². The van der Waals surface area contributed by atoms with Gasteiger partial charge in [0.25, 0.3) is 5.91 Å². The highest BCUT2D eigenvalue weighted by Gasteiger charge is 2.39. The zero-order chi connectivity index (χ0) is 28.2. The number of urea groups is 1. The number of carbonyl (C=O) groups excluding carboxylic acids is 3. The number of hydrazine groups is 1. The summed E-state index contributed by atoms with van der Waals surface area (Å²) in [6.45, 7) is 0.132. The van der Waals surface area contributed by atoms with Crippen molar-refractivity contribution in [2.24, 2.45) is 0 Å². The Hall–Kier alpha value is -4.33. The van der Waals surface area contributed by atoms with E-state index in [1.54, 1.807) is 36.0 Å². The number of nitrogens with zero attached hydrogens (tertiary/aromatic N) is 2. The summed E-state index contributed by atoms with van der Waals surface area (Å²) in [5, 5.41) is 0. The number of benzene rings is 2. The van der Waals surface area contributed by atoms with Crippen molar-refractivity contribution in [2.45, 2.75) is 12.7 Å². The normalized spacial score (nSPS) is 14.9. The molecule has 10 nitrogen and oxygen atoms in total. The largest absolute Gasteiger partial charge is 0.472 e. The summed E-state index contributed by atoms with van der Waals surface area (Å²) in [6.07, 6.45) is -2.08. The average molecular weight is 565 g/mol. The quantitative estimate of drug-likeness (QED) is 0.459. The number of amides is 4. The number of rotatable bonds is 5. The summed E-state index contributed by atoms with van der Waals surface area (Å²) in [6, 6.07) is 14.2. The molecule has 2 aromatic carbocycles. The van der Waals surface area contributed by atoms with Crippen molar-refractivity contribution >= 4 is 33.4 Å². The molecule has 1 fully saturated rings. The first kappa shape index (κ1) is 27.7. The summed E-state index contributed by atoms with van der Waals surface area (Å²) in [7, 11) is -3.22. The van der Waals surface area contributed by atoms with Crippen LogP contribution in [0, 0.1) is 0 Å². The van der Waals surface area contributed by atoms with Gasteiger partial charge in [0.1, 0.15) is 0 Å². The van der Waals surface area contributed by atoms with Crippen molar-refractivity contribution in [1.82, 2.24) is 15.8 Å². The van der Waals surface area contributed by atoms with E-state index < -0.39 is 33.9 Å². The van der Waals surface area contributed by atoms with Crippen LogP contribution in [0.25, 0.3) is 11.1 Å². The first-order valence-corrected chi connectivity index (χ1v) is 13.4. The van der Waals surface area contributed by atoms with Crippen molar-refractivity contribution in [3.05, 3.63) is 78.3 Å². The highest BCUT2D eigenvalue weighted by atomic mass is 32.2. The fraction of sp³-hybridized carbons (Fsp3) is 0.240. The first-order chi connectivity index (χ1) is 18.4. The Bertz CT molecular complexity index is 1440. The third-order valence-corrected chi connectivity index (χ3v) is 7.57. The Morgan fingerprint density at radius 3 is 2.26 bits per heavy atom. The molecule has 0 spiro atoms. The molecule has 4 rings (SSSR count). The number of hydrogen-bond donors (Lipinski definition) is 2. The molecule has 2 N–H and O–H groups in total. The SMILES string of the molecule is O=C(NNC(=O)C(F)(F)F)c1ccc(CN(C(=O)N2CCS(=O)(=O)CC2)c2cccc(-c3ccoc3)c2)cc1. The van der Waals surface area contributed by atoms with Gasteiger partial charge in [-0.1, -0.05) is 24.3 Å². The van der Waals surface area contributed by atoms with Crippen molar-refractivity contribution in [3.63, 3.8) is 0 Å². The second kappa shape index (κ2) is 11.2. The van der Waals surface area contributed by atoms with Crippen molar-refractivity contribution in [2.75, 3.05) is 29.5 Å². The highest BCUT2D eigenvalue weighted by Crippen LogP contribution is 2.27. The van der Waals surface area contributed by atoms with Crippen LogP contribution in [0.5, 0.6) is 0 Å². The number of sulfone groups is 1. The van der Waals surface area contributed by atoms with Crippen LogP contribution in [0.1, 0.15) is 15.9 Å². The van der Waals surface area contributed by atoms with Gasteiger partial charge in [0, 0.05) is 29.9 Å². The van der Waals surface area contributed by atoms with Crippen LogP contribution in [0.2, 0.25) is 0 Å². The summed E-state index contributed by atoms with van der Waals surface area (Å²) in [5.41, 5.74) is 5.65. The predicted octanol–water partition coefficient (Wildman–Crippen LogP) is 3.13. The van der Waals surface area contributed by atoms with Gasteiger partial charge in [-0.25, -0.2) is 13.2 Å². The second-order valence-corrected chi connectivity index (χ2v) is 11.0. The summed E-state index contributed by atoms with van der Waals surface area (Å²) in [5.74, 6) is -3.56. The number of carbonyl (C=O) groups is 3. The molecule has 39 heavy (non-hydrogen) atoms. The Labute approximate surface area is 221 Å². The molecular weight excluding hydrogens is 541 g/mol. The fourth-order valence-corrected chi connectivity index (χ4v) is 5.03. The molecule has 14 heteroatoms. The lowest BCUT2D eigenvalue weighted by Gasteiger charge is -2.33. The zero-order valence-corrected chi connectivity index (χ0v) is 21.1. The van der Waals surface area contributed by atoms with Crippen LogP contribution in [-0.2, 0) is 21.2 Å². The van der Waals surface area contributed by atoms with Crippen LogP contribution in [0.4, 0.5) is 23.7 Å². The standard InChI is InChI=1S/C25H23F3N4O6S/c26-25(27,28)23(34)30-29-22(33)18-6-4-17(5-7-18)15-32(24(35)31-9-12-39(36,37)13-10-31)21-3-1-2-19(14-21)20-8-11-38-16-20/h1-8,11,14,16H,9-10,12-13,15H2,(H,29,33)(H,30,34). The number of hydrogen-bond acceptors (Lipinski definition) is 6. The lowest BCUT2D eigenvalue weighted by Crippen LogP contribution is -2.49. The smallest absolute Gasteiger partial charge is 0.472 e. The van der Waals surface area contributed by atoms with Crippen molar-refractivity contribution in [3.8, 4) is 11.1 Å². The van der Waals surface area contributed by atoms with E-state index in [1.165, 1.54) is 45.8 Å². The third-order valence-electron chi connectivity index (χ3n) is 5.96. The van der Waals surface area contributed by atoms with Gasteiger partial charge in [-0.3, -0.25) is 25.3 Å². The fourth-order valence-electron chi connectivity index (χ4n) is 3.83. The van der Waals surface area contributed by atoms with E-state index in [4.69, 9.17) is 4.42 Å². The molecular formula is C25H23F3N4O6S. The van der Waals surface area contributed by atoms with Crippen LogP contribution >= 0.6 is 0 Å². The number of anilines is 1. The van der Waals surface area contributed by atoms with Crippen LogP contribution in [0.3, 0.4) is 0 Å². The molecule has 3 aromatic rings. The maximum Gasteiger partial charge on any atom is 0.472 e. The van der Waals surface area contributed by atoms with E-state index >= 15 is 0 Å². The summed E-state index contributed by atoms with van der Waals surface area (Å²) >= 11 is 0. The van der Waals surface area contributed by atoms with Crippen LogP contribution < -0.4 is 15.8 Å². The molecule has 0 bridgehead atoms. The monoisotopic (exact) mass is 564 g/mol. The van der Waals surface area contributed by atoms with Gasteiger partial charge in [-0.2, -0.15) is 13.2 Å². The van der Waals surface area contributed by atoms with Crippen LogP contribution in [-0.4, -0.2) is 61.9 Å². The molecule has 1 aromatic heterocycles. The number of alkyl halides is 3. The molecule has 1 saturated heterocycles. The average Bonchev–Trinajstić information content (AvgIpc) is 3.45. The van der Waals surface area contributed by atoms with Gasteiger partial charge >= 0.3 is 18.1 Å². The molecule has 206 valence electrons. The highest BCUT2D eigenvalue weighted by molar-refractivity contribution is 7.91. The Balaban J connectivity index is 1.54. The number of nitrogens with one attached hydrogen (secondary N) is 2. The molecule has 0 radical (unpaired) electrons. The molecule has 4 amide bonds.